The second-order valence-corrected chi connectivity index (χ2v) is 7.08. The molecule has 148 valence electrons. The highest BCUT2D eigenvalue weighted by molar-refractivity contribution is 5.85. The van der Waals surface area contributed by atoms with Crippen LogP contribution in [0.3, 0.4) is 0 Å². The molecule has 1 atom stereocenters. The van der Waals surface area contributed by atoms with E-state index >= 15 is 0 Å². The van der Waals surface area contributed by atoms with Crippen LogP contribution in [-0.2, 0) is 6.18 Å². The van der Waals surface area contributed by atoms with Crippen molar-refractivity contribution in [3.8, 4) is 5.75 Å². The Morgan fingerprint density at radius 3 is 2.35 bits per heavy atom. The smallest absolute Gasteiger partial charge is 0.416 e. The molecule has 3 nitrogen and oxygen atoms in total. The van der Waals surface area contributed by atoms with Crippen molar-refractivity contribution in [3.05, 3.63) is 29.3 Å². The Labute approximate surface area is 159 Å². The summed E-state index contributed by atoms with van der Waals surface area (Å²) >= 11 is 0. The summed E-state index contributed by atoms with van der Waals surface area (Å²) in [5.41, 5.74) is 0.264. The van der Waals surface area contributed by atoms with Crippen LogP contribution in [0, 0.1) is 5.92 Å². The van der Waals surface area contributed by atoms with Gasteiger partial charge in [0.1, 0.15) is 5.75 Å². The predicted molar refractivity (Wildman–Crippen MR) is 99.0 cm³/mol. The lowest BCUT2D eigenvalue weighted by atomic mass is 9.79. The van der Waals surface area contributed by atoms with Crippen LogP contribution in [-0.4, -0.2) is 38.2 Å². The summed E-state index contributed by atoms with van der Waals surface area (Å²) in [7, 11) is 1.47. The van der Waals surface area contributed by atoms with Crippen LogP contribution in [0.2, 0.25) is 0 Å². The maximum atomic E-state index is 13.1. The molecule has 1 N–H and O–H groups in total. The van der Waals surface area contributed by atoms with Crippen LogP contribution in [0.25, 0.3) is 0 Å². The number of piperazine rings is 1. The number of nitrogens with zero attached hydrogens (tertiary/aromatic N) is 1. The van der Waals surface area contributed by atoms with E-state index in [1.807, 2.05) is 0 Å². The summed E-state index contributed by atoms with van der Waals surface area (Å²) in [5, 5.41) is 3.36. The minimum absolute atomic E-state index is 0. The summed E-state index contributed by atoms with van der Waals surface area (Å²) in [5.74, 6) is 0.849. The molecule has 0 spiro atoms. The number of hydrogen-bond donors (Lipinski definition) is 1. The van der Waals surface area contributed by atoms with E-state index in [9.17, 15) is 13.2 Å². The fraction of sp³-hybridized carbons (Fsp3) is 0.684. The van der Waals surface area contributed by atoms with Crippen LogP contribution in [0.15, 0.2) is 18.2 Å². The number of benzene rings is 1. The monoisotopic (exact) mass is 392 g/mol. The lowest BCUT2D eigenvalue weighted by molar-refractivity contribution is -0.137. The molecule has 0 aromatic heterocycles. The van der Waals surface area contributed by atoms with Crippen molar-refractivity contribution in [1.29, 1.82) is 0 Å². The zero-order valence-corrected chi connectivity index (χ0v) is 16.0. The van der Waals surface area contributed by atoms with Gasteiger partial charge in [-0.1, -0.05) is 25.3 Å². The number of hydrogen-bond acceptors (Lipinski definition) is 3. The molecule has 1 saturated carbocycles. The second kappa shape index (κ2) is 9.29. The van der Waals surface area contributed by atoms with E-state index in [0.717, 1.165) is 50.7 Å². The molecule has 0 unspecified atom stereocenters. The van der Waals surface area contributed by atoms with Crippen molar-refractivity contribution in [2.45, 2.75) is 44.3 Å². The molecular formula is C19H28ClF3N2O. The predicted octanol–water partition coefficient (Wildman–Crippen LogP) is 4.66. The fourth-order valence-corrected chi connectivity index (χ4v) is 4.29. The van der Waals surface area contributed by atoms with Crippen molar-refractivity contribution in [3.63, 3.8) is 0 Å². The molecule has 1 aromatic carbocycles. The van der Waals surface area contributed by atoms with E-state index in [1.165, 1.54) is 32.4 Å². The summed E-state index contributed by atoms with van der Waals surface area (Å²) in [6.07, 6.45) is 1.60. The number of nitrogens with one attached hydrogen (secondary N) is 1. The summed E-state index contributed by atoms with van der Waals surface area (Å²) in [6.45, 7) is 3.69. The number of ether oxygens (including phenoxy) is 1. The molecule has 7 heteroatoms. The van der Waals surface area contributed by atoms with Crippen molar-refractivity contribution < 1.29 is 17.9 Å². The van der Waals surface area contributed by atoms with E-state index in [4.69, 9.17) is 4.74 Å². The first-order chi connectivity index (χ1) is 12.0. The highest BCUT2D eigenvalue weighted by Crippen LogP contribution is 2.43. The van der Waals surface area contributed by atoms with Crippen molar-refractivity contribution in [2.24, 2.45) is 5.92 Å². The second-order valence-electron chi connectivity index (χ2n) is 7.08. The van der Waals surface area contributed by atoms with Gasteiger partial charge in [-0.25, -0.2) is 0 Å². The van der Waals surface area contributed by atoms with E-state index < -0.39 is 11.7 Å². The molecule has 2 fully saturated rings. The minimum atomic E-state index is -4.35. The standard InChI is InChI=1S/C19H27F3N2O.ClH/c1-25-17-13-15(19(20,21)22)7-8-16(17)18(14-5-3-2-4-6-14)24-11-9-23-10-12-24;/h7-8,13-14,18,23H,2-6,9-12H2,1H3;1H/t18-;/m0./s1. The lowest BCUT2D eigenvalue weighted by Gasteiger charge is -2.41. The molecule has 26 heavy (non-hydrogen) atoms. The van der Waals surface area contributed by atoms with Gasteiger partial charge in [-0.05, 0) is 30.9 Å². The van der Waals surface area contributed by atoms with Crippen molar-refractivity contribution in [2.75, 3.05) is 33.3 Å². The highest BCUT2D eigenvalue weighted by Gasteiger charge is 2.35. The molecule has 1 saturated heterocycles. The maximum Gasteiger partial charge on any atom is 0.416 e. The lowest BCUT2D eigenvalue weighted by Crippen LogP contribution is -2.47. The molecule has 3 rings (SSSR count). The SMILES string of the molecule is COc1cc(C(F)(F)F)ccc1[C@H](C1CCCCC1)N1CCNCC1.Cl. The van der Waals surface area contributed by atoms with Gasteiger partial charge in [-0.2, -0.15) is 13.2 Å². The van der Waals surface area contributed by atoms with E-state index in [1.54, 1.807) is 6.07 Å². The van der Waals surface area contributed by atoms with E-state index in [0.29, 0.717) is 11.7 Å². The van der Waals surface area contributed by atoms with Crippen molar-refractivity contribution >= 4 is 12.4 Å². The first kappa shape index (κ1) is 21.3. The Morgan fingerprint density at radius 2 is 1.77 bits per heavy atom. The van der Waals surface area contributed by atoms with Gasteiger partial charge < -0.3 is 10.1 Å². The first-order valence-corrected chi connectivity index (χ1v) is 9.20. The van der Waals surface area contributed by atoms with Crippen LogP contribution in [0.5, 0.6) is 5.75 Å². The number of methoxy groups -OCH3 is 1. The van der Waals surface area contributed by atoms with Gasteiger partial charge in [-0.3, -0.25) is 4.90 Å². The summed E-state index contributed by atoms with van der Waals surface area (Å²) < 4.78 is 44.6. The molecule has 1 aliphatic heterocycles. The average molecular weight is 393 g/mol. The van der Waals surface area contributed by atoms with Crippen molar-refractivity contribution in [1.82, 2.24) is 10.2 Å². The van der Waals surface area contributed by atoms with E-state index in [2.05, 4.69) is 10.2 Å². The normalized spacial score (nSPS) is 21.1. The van der Waals surface area contributed by atoms with Crippen LogP contribution < -0.4 is 10.1 Å². The third-order valence-electron chi connectivity index (χ3n) is 5.52. The Bertz CT molecular complexity index is 552. The number of rotatable bonds is 4. The maximum absolute atomic E-state index is 13.1. The third-order valence-corrected chi connectivity index (χ3v) is 5.52. The van der Waals surface area contributed by atoms with Gasteiger partial charge in [0, 0.05) is 37.8 Å². The van der Waals surface area contributed by atoms with Gasteiger partial charge in [-0.15, -0.1) is 12.4 Å². The molecule has 2 aliphatic rings. The molecule has 1 aromatic rings. The highest BCUT2D eigenvalue weighted by atomic mass is 35.5. The van der Waals surface area contributed by atoms with Crippen LogP contribution in [0.4, 0.5) is 13.2 Å². The number of halogens is 4. The topological polar surface area (TPSA) is 24.5 Å². The van der Waals surface area contributed by atoms with Gasteiger partial charge in [0.2, 0.25) is 0 Å². The quantitative estimate of drug-likeness (QED) is 0.806. The Kier molecular flexibility index (Phi) is 7.62. The summed E-state index contributed by atoms with van der Waals surface area (Å²) in [4.78, 5) is 2.43. The minimum Gasteiger partial charge on any atom is -0.496 e. The first-order valence-electron chi connectivity index (χ1n) is 9.20. The molecule has 1 aliphatic carbocycles. The molecule has 0 amide bonds. The molecule has 0 bridgehead atoms. The third kappa shape index (κ3) is 4.84. The Hall–Kier alpha value is -0.980. The van der Waals surface area contributed by atoms with Crippen LogP contribution >= 0.6 is 12.4 Å². The van der Waals surface area contributed by atoms with Gasteiger partial charge in [0.05, 0.1) is 12.7 Å². The Balaban J connectivity index is 0.00000243. The molecule has 0 radical (unpaired) electrons. The molecule has 1 heterocycles. The zero-order valence-electron chi connectivity index (χ0n) is 15.1. The fourth-order valence-electron chi connectivity index (χ4n) is 4.29. The van der Waals surface area contributed by atoms with Crippen LogP contribution in [0.1, 0.15) is 49.3 Å². The van der Waals surface area contributed by atoms with Gasteiger partial charge >= 0.3 is 6.18 Å². The summed E-state index contributed by atoms with van der Waals surface area (Å²) in [6, 6.07) is 4.14. The van der Waals surface area contributed by atoms with Gasteiger partial charge in [0.25, 0.3) is 0 Å². The number of alkyl halides is 3. The Morgan fingerprint density at radius 1 is 1.12 bits per heavy atom. The largest absolute Gasteiger partial charge is 0.496 e. The van der Waals surface area contributed by atoms with E-state index in [-0.39, 0.29) is 18.4 Å². The molecular weight excluding hydrogens is 365 g/mol. The zero-order chi connectivity index (χ0) is 17.9. The average Bonchev–Trinajstić information content (AvgIpc) is 2.63. The van der Waals surface area contributed by atoms with Gasteiger partial charge in [0.15, 0.2) is 0 Å².